The molecule has 0 saturated carbocycles. The second kappa shape index (κ2) is 7.06. The summed E-state index contributed by atoms with van der Waals surface area (Å²) in [6, 6.07) is 6.56. The molecule has 9 heteroatoms. The van der Waals surface area contributed by atoms with Gasteiger partial charge < -0.3 is 18.9 Å². The first-order valence-electron chi connectivity index (χ1n) is 6.83. The molecule has 0 spiro atoms. The van der Waals surface area contributed by atoms with E-state index in [9.17, 15) is 9.59 Å². The zero-order valence-corrected chi connectivity index (χ0v) is 14.5. The van der Waals surface area contributed by atoms with Crippen molar-refractivity contribution in [3.05, 3.63) is 57.8 Å². The average Bonchev–Trinajstić information content (AvgIpc) is 3.16. The molecule has 0 fully saturated rings. The topological polar surface area (TPSA) is 85.8 Å². The number of hydrogen-bond donors (Lipinski definition) is 1. The number of carbonyl (C=O) groups is 2. The standard InChI is InChI=1S/C15H11BrClN3O4/c16-12-3-2-11(24-12)15(22)18-5-14(21)23-8-10-7-20-6-9(17)1-4-13(20)19-10/h1-4,6-7H,5,8H2,(H,18,22). The number of hydrogen-bond acceptors (Lipinski definition) is 5. The molecule has 24 heavy (non-hydrogen) atoms. The van der Waals surface area contributed by atoms with E-state index in [2.05, 4.69) is 26.2 Å². The molecule has 0 atom stereocenters. The van der Waals surface area contributed by atoms with Crippen molar-refractivity contribution >= 4 is 45.1 Å². The third kappa shape index (κ3) is 3.95. The maximum atomic E-state index is 11.7. The molecule has 1 amide bonds. The number of pyridine rings is 1. The lowest BCUT2D eigenvalue weighted by Gasteiger charge is -2.03. The summed E-state index contributed by atoms with van der Waals surface area (Å²) in [6.07, 6.45) is 3.42. The van der Waals surface area contributed by atoms with Gasteiger partial charge in [-0.1, -0.05) is 11.6 Å². The summed E-state index contributed by atoms with van der Waals surface area (Å²) in [5.74, 6) is -0.976. The van der Waals surface area contributed by atoms with Gasteiger partial charge >= 0.3 is 5.97 Å². The molecule has 124 valence electrons. The van der Waals surface area contributed by atoms with Crippen LogP contribution in [0.3, 0.4) is 0 Å². The quantitative estimate of drug-likeness (QED) is 0.651. The summed E-state index contributed by atoms with van der Waals surface area (Å²) < 4.78 is 12.3. The smallest absolute Gasteiger partial charge is 0.325 e. The maximum absolute atomic E-state index is 11.7. The predicted octanol–water partition coefficient (Wildman–Crippen LogP) is 2.82. The molecule has 1 N–H and O–H groups in total. The van der Waals surface area contributed by atoms with E-state index >= 15 is 0 Å². The van der Waals surface area contributed by atoms with E-state index < -0.39 is 11.9 Å². The second-order valence-electron chi connectivity index (χ2n) is 4.79. The number of fused-ring (bicyclic) bond motifs is 1. The molecule has 0 saturated heterocycles. The summed E-state index contributed by atoms with van der Waals surface area (Å²) >= 11 is 8.99. The lowest BCUT2D eigenvalue weighted by Crippen LogP contribution is -2.30. The Labute approximate surface area is 149 Å². The maximum Gasteiger partial charge on any atom is 0.325 e. The van der Waals surface area contributed by atoms with Crippen LogP contribution in [0.1, 0.15) is 16.2 Å². The van der Waals surface area contributed by atoms with Crippen LogP contribution < -0.4 is 5.32 Å². The Morgan fingerprint density at radius 2 is 2.12 bits per heavy atom. The molecule has 3 heterocycles. The molecule has 0 aliphatic heterocycles. The highest BCUT2D eigenvalue weighted by Crippen LogP contribution is 2.14. The van der Waals surface area contributed by atoms with Gasteiger partial charge in [0.1, 0.15) is 18.8 Å². The van der Waals surface area contributed by atoms with E-state index in [0.717, 1.165) is 0 Å². The van der Waals surface area contributed by atoms with Gasteiger partial charge in [-0.3, -0.25) is 9.59 Å². The van der Waals surface area contributed by atoms with E-state index in [0.29, 0.717) is 21.0 Å². The molecule has 0 aliphatic rings. The number of imidazole rings is 1. The van der Waals surface area contributed by atoms with Gasteiger partial charge in [-0.25, -0.2) is 4.98 Å². The van der Waals surface area contributed by atoms with Gasteiger partial charge in [0.2, 0.25) is 0 Å². The highest BCUT2D eigenvalue weighted by atomic mass is 79.9. The minimum absolute atomic E-state index is 0.000301. The Morgan fingerprint density at radius 1 is 1.29 bits per heavy atom. The van der Waals surface area contributed by atoms with Gasteiger partial charge in [0.25, 0.3) is 5.91 Å². The van der Waals surface area contributed by atoms with Crippen LogP contribution in [0.4, 0.5) is 0 Å². The van der Waals surface area contributed by atoms with Crippen molar-refractivity contribution in [1.82, 2.24) is 14.7 Å². The Balaban J connectivity index is 1.50. The van der Waals surface area contributed by atoms with Crippen molar-refractivity contribution in [2.75, 3.05) is 6.54 Å². The SMILES string of the molecule is O=C(CNC(=O)c1ccc(Br)o1)OCc1cn2cc(Cl)ccc2n1. The molecule has 3 rings (SSSR count). The minimum Gasteiger partial charge on any atom is -0.458 e. The first-order valence-corrected chi connectivity index (χ1v) is 8.00. The van der Waals surface area contributed by atoms with Gasteiger partial charge in [0, 0.05) is 12.4 Å². The average molecular weight is 413 g/mol. The predicted molar refractivity (Wildman–Crippen MR) is 88.7 cm³/mol. The first-order chi connectivity index (χ1) is 11.5. The van der Waals surface area contributed by atoms with Gasteiger partial charge in [-0.15, -0.1) is 0 Å². The lowest BCUT2D eigenvalue weighted by molar-refractivity contribution is -0.143. The van der Waals surface area contributed by atoms with Crippen molar-refractivity contribution in [2.45, 2.75) is 6.61 Å². The van der Waals surface area contributed by atoms with Crippen LogP contribution in [-0.4, -0.2) is 27.8 Å². The highest BCUT2D eigenvalue weighted by Gasteiger charge is 2.13. The van der Waals surface area contributed by atoms with Crippen molar-refractivity contribution in [3.8, 4) is 0 Å². The molecular formula is C15H11BrClN3O4. The number of carbonyl (C=O) groups excluding carboxylic acids is 2. The van der Waals surface area contributed by atoms with Gasteiger partial charge in [0.15, 0.2) is 10.4 Å². The molecule has 0 radical (unpaired) electrons. The Hall–Kier alpha value is -2.32. The summed E-state index contributed by atoms with van der Waals surface area (Å²) in [5, 5.41) is 2.99. The van der Waals surface area contributed by atoms with Crippen LogP contribution in [-0.2, 0) is 16.1 Å². The Bertz CT molecular complexity index is 905. The van der Waals surface area contributed by atoms with Crippen molar-refractivity contribution < 1.29 is 18.7 Å². The lowest BCUT2D eigenvalue weighted by atomic mass is 10.4. The number of esters is 1. The fourth-order valence-electron chi connectivity index (χ4n) is 1.97. The molecule has 3 aromatic heterocycles. The fraction of sp³-hybridized carbons (Fsp3) is 0.133. The molecule has 0 bridgehead atoms. The van der Waals surface area contributed by atoms with Crippen LogP contribution >= 0.6 is 27.5 Å². The third-order valence-electron chi connectivity index (χ3n) is 3.04. The largest absolute Gasteiger partial charge is 0.458 e. The summed E-state index contributed by atoms with van der Waals surface area (Å²) in [4.78, 5) is 27.7. The van der Waals surface area contributed by atoms with Crippen LogP contribution in [0.2, 0.25) is 5.02 Å². The summed E-state index contributed by atoms with van der Waals surface area (Å²) in [6.45, 7) is -0.267. The van der Waals surface area contributed by atoms with E-state index in [4.69, 9.17) is 20.8 Å². The van der Waals surface area contributed by atoms with E-state index in [1.165, 1.54) is 6.07 Å². The number of aromatic nitrogens is 2. The van der Waals surface area contributed by atoms with Gasteiger partial charge in [-0.2, -0.15) is 0 Å². The number of nitrogens with one attached hydrogen (secondary N) is 1. The van der Waals surface area contributed by atoms with Crippen molar-refractivity contribution in [2.24, 2.45) is 0 Å². The number of rotatable bonds is 5. The monoisotopic (exact) mass is 411 g/mol. The number of amides is 1. The number of nitrogens with zero attached hydrogens (tertiary/aromatic N) is 2. The second-order valence-corrected chi connectivity index (χ2v) is 6.01. The molecule has 3 aromatic rings. The van der Waals surface area contributed by atoms with Crippen LogP contribution in [0.5, 0.6) is 0 Å². The molecular weight excluding hydrogens is 402 g/mol. The van der Waals surface area contributed by atoms with E-state index in [1.54, 1.807) is 35.0 Å². The van der Waals surface area contributed by atoms with Crippen molar-refractivity contribution in [1.29, 1.82) is 0 Å². The molecule has 0 unspecified atom stereocenters. The van der Waals surface area contributed by atoms with Crippen LogP contribution in [0, 0.1) is 0 Å². The Kier molecular flexibility index (Phi) is 4.86. The number of halogens is 2. The molecule has 7 nitrogen and oxygen atoms in total. The zero-order valence-electron chi connectivity index (χ0n) is 12.2. The van der Waals surface area contributed by atoms with Gasteiger partial charge in [0.05, 0.1) is 10.7 Å². The highest BCUT2D eigenvalue weighted by molar-refractivity contribution is 9.10. The normalized spacial score (nSPS) is 10.8. The van der Waals surface area contributed by atoms with E-state index in [-0.39, 0.29) is 18.9 Å². The molecule has 0 aromatic carbocycles. The summed E-state index contributed by atoms with van der Waals surface area (Å²) in [5.41, 5.74) is 1.27. The number of ether oxygens (including phenoxy) is 1. The third-order valence-corrected chi connectivity index (χ3v) is 3.69. The number of furan rings is 1. The Morgan fingerprint density at radius 3 is 2.88 bits per heavy atom. The van der Waals surface area contributed by atoms with Crippen molar-refractivity contribution in [3.63, 3.8) is 0 Å². The fourth-order valence-corrected chi connectivity index (χ4v) is 2.44. The first kappa shape index (κ1) is 16.5. The van der Waals surface area contributed by atoms with E-state index in [1.807, 2.05) is 0 Å². The van der Waals surface area contributed by atoms with Crippen LogP contribution in [0.15, 0.2) is 45.7 Å². The minimum atomic E-state index is -0.580. The zero-order chi connectivity index (χ0) is 17.1. The summed E-state index contributed by atoms with van der Waals surface area (Å²) in [7, 11) is 0. The molecule has 0 aliphatic carbocycles. The van der Waals surface area contributed by atoms with Crippen LogP contribution in [0.25, 0.3) is 5.65 Å². The van der Waals surface area contributed by atoms with Gasteiger partial charge in [-0.05, 0) is 40.2 Å².